The molecular formula is C14H18O5. The summed E-state index contributed by atoms with van der Waals surface area (Å²) in [5.41, 5.74) is 0.694. The van der Waals surface area contributed by atoms with Crippen LogP contribution in [0.25, 0.3) is 0 Å². The normalized spacial score (nSPS) is 18.9. The van der Waals surface area contributed by atoms with Crippen molar-refractivity contribution in [3.8, 4) is 11.5 Å². The third-order valence-electron chi connectivity index (χ3n) is 3.00. The highest BCUT2D eigenvalue weighted by atomic mass is 16.5. The number of hydrogen-bond acceptors (Lipinski definition) is 4. The van der Waals surface area contributed by atoms with Crippen LogP contribution in [0.1, 0.15) is 18.4 Å². The van der Waals surface area contributed by atoms with Gasteiger partial charge in [-0.2, -0.15) is 0 Å². The van der Waals surface area contributed by atoms with Crippen LogP contribution < -0.4 is 9.47 Å². The van der Waals surface area contributed by atoms with E-state index in [1.54, 1.807) is 25.3 Å². The Morgan fingerprint density at radius 3 is 2.95 bits per heavy atom. The second kappa shape index (κ2) is 6.43. The molecule has 1 N–H and O–H groups in total. The topological polar surface area (TPSA) is 65.0 Å². The van der Waals surface area contributed by atoms with Crippen molar-refractivity contribution in [3.63, 3.8) is 0 Å². The van der Waals surface area contributed by atoms with Crippen LogP contribution in [0.5, 0.6) is 11.5 Å². The molecule has 1 fully saturated rings. The Morgan fingerprint density at radius 2 is 2.32 bits per heavy atom. The molecule has 1 aromatic rings. The molecule has 5 nitrogen and oxygen atoms in total. The molecule has 104 valence electrons. The van der Waals surface area contributed by atoms with E-state index in [1.165, 1.54) is 0 Å². The Kier molecular flexibility index (Phi) is 4.63. The molecule has 1 aliphatic heterocycles. The molecule has 0 amide bonds. The van der Waals surface area contributed by atoms with Crippen LogP contribution in [0.4, 0.5) is 0 Å². The molecule has 0 saturated carbocycles. The molecular weight excluding hydrogens is 248 g/mol. The molecule has 2 rings (SSSR count). The van der Waals surface area contributed by atoms with Gasteiger partial charge in [0.25, 0.3) is 0 Å². The van der Waals surface area contributed by atoms with Crippen molar-refractivity contribution in [2.45, 2.75) is 25.4 Å². The van der Waals surface area contributed by atoms with Crippen LogP contribution in [-0.4, -0.2) is 37.5 Å². The molecule has 0 aromatic heterocycles. The van der Waals surface area contributed by atoms with E-state index in [0.29, 0.717) is 23.7 Å². The van der Waals surface area contributed by atoms with Gasteiger partial charge in [-0.1, -0.05) is 6.07 Å². The van der Waals surface area contributed by atoms with Crippen LogP contribution >= 0.6 is 0 Å². The number of aliphatic carboxylic acids is 1. The SMILES string of the molecule is COc1ccc(CC(=O)O)cc1OC1CCCOC1. The fourth-order valence-electron chi connectivity index (χ4n) is 2.08. The van der Waals surface area contributed by atoms with E-state index in [9.17, 15) is 4.79 Å². The summed E-state index contributed by atoms with van der Waals surface area (Å²) < 4.78 is 16.5. The molecule has 19 heavy (non-hydrogen) atoms. The number of ether oxygens (including phenoxy) is 3. The van der Waals surface area contributed by atoms with Gasteiger partial charge >= 0.3 is 5.97 Å². The summed E-state index contributed by atoms with van der Waals surface area (Å²) in [4.78, 5) is 10.7. The maximum atomic E-state index is 10.7. The van der Waals surface area contributed by atoms with Gasteiger partial charge in [-0.15, -0.1) is 0 Å². The van der Waals surface area contributed by atoms with E-state index < -0.39 is 5.97 Å². The molecule has 1 unspecified atom stereocenters. The number of hydrogen-bond donors (Lipinski definition) is 1. The van der Waals surface area contributed by atoms with Gasteiger partial charge in [0, 0.05) is 6.61 Å². The molecule has 5 heteroatoms. The highest BCUT2D eigenvalue weighted by Crippen LogP contribution is 2.30. The molecule has 1 heterocycles. The van der Waals surface area contributed by atoms with Gasteiger partial charge in [-0.05, 0) is 30.5 Å². The van der Waals surface area contributed by atoms with Crippen molar-refractivity contribution < 1.29 is 24.1 Å². The van der Waals surface area contributed by atoms with E-state index in [0.717, 1.165) is 19.4 Å². The fourth-order valence-corrected chi connectivity index (χ4v) is 2.08. The number of benzene rings is 1. The van der Waals surface area contributed by atoms with E-state index >= 15 is 0 Å². The Labute approximate surface area is 112 Å². The monoisotopic (exact) mass is 266 g/mol. The Bertz CT molecular complexity index is 437. The first-order chi connectivity index (χ1) is 9.19. The molecule has 0 spiro atoms. The number of rotatable bonds is 5. The summed E-state index contributed by atoms with van der Waals surface area (Å²) >= 11 is 0. The highest BCUT2D eigenvalue weighted by Gasteiger charge is 2.18. The maximum Gasteiger partial charge on any atom is 0.307 e. The summed E-state index contributed by atoms with van der Waals surface area (Å²) in [5, 5.41) is 8.81. The van der Waals surface area contributed by atoms with Gasteiger partial charge < -0.3 is 19.3 Å². The molecule has 0 aliphatic carbocycles. The predicted octanol–water partition coefficient (Wildman–Crippen LogP) is 1.88. The second-order valence-electron chi connectivity index (χ2n) is 4.51. The smallest absolute Gasteiger partial charge is 0.307 e. The standard InChI is InChI=1S/C14H18O5/c1-17-12-5-4-10(8-14(15)16)7-13(12)19-11-3-2-6-18-9-11/h4-5,7,11H,2-3,6,8-9H2,1H3,(H,15,16). The quantitative estimate of drug-likeness (QED) is 0.881. The highest BCUT2D eigenvalue weighted by molar-refractivity contribution is 5.70. The van der Waals surface area contributed by atoms with Crippen molar-refractivity contribution >= 4 is 5.97 Å². The minimum Gasteiger partial charge on any atom is -0.493 e. The lowest BCUT2D eigenvalue weighted by Crippen LogP contribution is -2.28. The first-order valence-corrected chi connectivity index (χ1v) is 6.32. The summed E-state index contributed by atoms with van der Waals surface area (Å²) in [5.74, 6) is 0.327. The summed E-state index contributed by atoms with van der Waals surface area (Å²) in [6, 6.07) is 5.19. The minimum absolute atomic E-state index is 0.00253. The first kappa shape index (κ1) is 13.7. The van der Waals surface area contributed by atoms with Crippen molar-refractivity contribution in [2.75, 3.05) is 20.3 Å². The zero-order valence-corrected chi connectivity index (χ0v) is 10.9. The Balaban J connectivity index is 2.12. The van der Waals surface area contributed by atoms with Gasteiger partial charge in [0.2, 0.25) is 0 Å². The molecule has 0 radical (unpaired) electrons. The predicted molar refractivity (Wildman–Crippen MR) is 68.8 cm³/mol. The summed E-state index contributed by atoms with van der Waals surface area (Å²) in [6.07, 6.45) is 1.89. The van der Waals surface area contributed by atoms with Crippen molar-refractivity contribution in [2.24, 2.45) is 0 Å². The van der Waals surface area contributed by atoms with Crippen LogP contribution in [0, 0.1) is 0 Å². The van der Waals surface area contributed by atoms with E-state index in [4.69, 9.17) is 19.3 Å². The van der Waals surface area contributed by atoms with E-state index in [2.05, 4.69) is 0 Å². The summed E-state index contributed by atoms with van der Waals surface area (Å²) in [6.45, 7) is 1.34. The number of carboxylic acid groups (broad SMARTS) is 1. The van der Waals surface area contributed by atoms with Gasteiger partial charge in [0.1, 0.15) is 6.10 Å². The van der Waals surface area contributed by atoms with Crippen LogP contribution in [0.2, 0.25) is 0 Å². The molecule has 1 atom stereocenters. The number of methoxy groups -OCH3 is 1. The van der Waals surface area contributed by atoms with E-state index in [1.807, 2.05) is 0 Å². The molecule has 0 bridgehead atoms. The molecule has 1 aromatic carbocycles. The molecule has 1 aliphatic rings. The lowest BCUT2D eigenvalue weighted by molar-refractivity contribution is -0.136. The summed E-state index contributed by atoms with van der Waals surface area (Å²) in [7, 11) is 1.57. The van der Waals surface area contributed by atoms with Crippen LogP contribution in [0.3, 0.4) is 0 Å². The van der Waals surface area contributed by atoms with Crippen LogP contribution in [0.15, 0.2) is 18.2 Å². The van der Waals surface area contributed by atoms with Crippen molar-refractivity contribution in [1.82, 2.24) is 0 Å². The maximum absolute atomic E-state index is 10.7. The zero-order chi connectivity index (χ0) is 13.7. The van der Waals surface area contributed by atoms with Crippen molar-refractivity contribution in [1.29, 1.82) is 0 Å². The van der Waals surface area contributed by atoms with Gasteiger partial charge in [0.05, 0.1) is 20.1 Å². The molecule has 1 saturated heterocycles. The lowest BCUT2D eigenvalue weighted by atomic mass is 10.1. The lowest BCUT2D eigenvalue weighted by Gasteiger charge is -2.24. The zero-order valence-electron chi connectivity index (χ0n) is 10.9. The minimum atomic E-state index is -0.864. The van der Waals surface area contributed by atoms with Gasteiger partial charge in [-0.25, -0.2) is 0 Å². The van der Waals surface area contributed by atoms with Crippen molar-refractivity contribution in [3.05, 3.63) is 23.8 Å². The van der Waals surface area contributed by atoms with Crippen LogP contribution in [-0.2, 0) is 16.0 Å². The average Bonchev–Trinajstić information content (AvgIpc) is 2.39. The van der Waals surface area contributed by atoms with E-state index in [-0.39, 0.29) is 12.5 Å². The third-order valence-corrected chi connectivity index (χ3v) is 3.00. The van der Waals surface area contributed by atoms with Gasteiger partial charge in [0.15, 0.2) is 11.5 Å². The Morgan fingerprint density at radius 1 is 1.47 bits per heavy atom. The largest absolute Gasteiger partial charge is 0.493 e. The third kappa shape index (κ3) is 3.86. The second-order valence-corrected chi connectivity index (χ2v) is 4.51. The van der Waals surface area contributed by atoms with Gasteiger partial charge in [-0.3, -0.25) is 4.79 Å². The first-order valence-electron chi connectivity index (χ1n) is 6.32. The average molecular weight is 266 g/mol. The fraction of sp³-hybridized carbons (Fsp3) is 0.500. The number of carboxylic acids is 1. The number of carbonyl (C=O) groups is 1. The Hall–Kier alpha value is -1.75.